The highest BCUT2D eigenvalue weighted by Crippen LogP contribution is 2.51. The smallest absolute Gasteiger partial charge is 0.152 e. The third-order valence-corrected chi connectivity index (χ3v) is 10.2. The molecule has 0 radical (unpaired) electrons. The van der Waals surface area contributed by atoms with Crippen molar-refractivity contribution in [1.82, 2.24) is 0 Å². The Bertz CT molecular complexity index is 2740. The lowest BCUT2D eigenvalue weighted by Gasteiger charge is -2.33. The monoisotopic (exact) mass is 678 g/mol. The van der Waals surface area contributed by atoms with Gasteiger partial charge in [0.2, 0.25) is 0 Å². The van der Waals surface area contributed by atoms with Crippen LogP contribution < -0.4 is 14.5 Å². The number of ether oxygens (including phenoxy) is 1. The summed E-state index contributed by atoms with van der Waals surface area (Å²) in [5.74, 6) is 1.67. The van der Waals surface area contributed by atoms with Crippen molar-refractivity contribution in [3.8, 4) is 33.8 Å². The van der Waals surface area contributed by atoms with Gasteiger partial charge in [-0.15, -0.1) is 0 Å². The number of rotatable bonds is 6. The van der Waals surface area contributed by atoms with Gasteiger partial charge in [0.05, 0.1) is 17.1 Å². The van der Waals surface area contributed by atoms with Gasteiger partial charge in [-0.05, 0) is 105 Å². The Morgan fingerprint density at radius 1 is 0.358 bits per heavy atom. The van der Waals surface area contributed by atoms with E-state index in [9.17, 15) is 0 Å². The first-order valence-corrected chi connectivity index (χ1v) is 18.0. The zero-order valence-electron chi connectivity index (χ0n) is 28.9. The highest BCUT2D eigenvalue weighted by Gasteiger charge is 2.26. The molecule has 1 aliphatic rings. The second kappa shape index (κ2) is 12.9. The van der Waals surface area contributed by atoms with Crippen molar-refractivity contribution >= 4 is 55.7 Å². The Kier molecular flexibility index (Phi) is 7.47. The van der Waals surface area contributed by atoms with Crippen molar-refractivity contribution in [2.45, 2.75) is 0 Å². The summed E-state index contributed by atoms with van der Waals surface area (Å²) in [6, 6.07) is 73.3. The molecule has 9 aromatic rings. The van der Waals surface area contributed by atoms with E-state index in [-0.39, 0.29) is 0 Å². The van der Waals surface area contributed by atoms with Gasteiger partial charge in [-0.2, -0.15) is 0 Å². The normalized spacial score (nSPS) is 11.9. The lowest BCUT2D eigenvalue weighted by Crippen LogP contribution is -2.15. The quantitative estimate of drug-likeness (QED) is 0.163. The SMILES string of the molecule is c1ccc(-c2ccc(N(c3ccc(-c4ccc5c(c4)Oc4ccccc4N5c4ccccc4)cc3)c3cc4ccccc4c4ccccc34)cc2)cc1. The van der Waals surface area contributed by atoms with Crippen LogP contribution in [0.1, 0.15) is 0 Å². The zero-order chi connectivity index (χ0) is 35.1. The molecule has 0 aliphatic carbocycles. The molecule has 0 atom stereocenters. The van der Waals surface area contributed by atoms with Crippen LogP contribution in [0.15, 0.2) is 206 Å². The van der Waals surface area contributed by atoms with Gasteiger partial charge < -0.3 is 14.5 Å². The molecule has 0 saturated heterocycles. The van der Waals surface area contributed by atoms with Crippen molar-refractivity contribution in [3.63, 3.8) is 0 Å². The number of hydrogen-bond acceptors (Lipinski definition) is 3. The number of nitrogens with zero attached hydrogens (tertiary/aromatic N) is 2. The number of anilines is 6. The molecule has 0 fully saturated rings. The standard InChI is InChI=1S/C50H34N2O/c1-3-13-35(14-4-1)36-23-28-41(29-24-36)51(48-33-39-15-7-8-18-43(39)44-19-9-10-20-45(44)48)42-30-25-37(26-31-42)38-27-32-47-50(34-38)53-49-22-12-11-21-46(49)52(47)40-16-5-2-6-17-40/h1-34H. The summed E-state index contributed by atoms with van der Waals surface area (Å²) in [4.78, 5) is 4.66. The summed E-state index contributed by atoms with van der Waals surface area (Å²) in [6.45, 7) is 0. The van der Waals surface area contributed by atoms with E-state index in [1.807, 2.05) is 18.2 Å². The minimum atomic E-state index is 0.830. The second-order valence-corrected chi connectivity index (χ2v) is 13.4. The molecule has 9 aromatic carbocycles. The molecule has 0 spiro atoms. The number of benzene rings is 9. The molecule has 3 heteroatoms. The van der Waals surface area contributed by atoms with Crippen LogP contribution in [0.25, 0.3) is 43.8 Å². The highest BCUT2D eigenvalue weighted by molar-refractivity contribution is 6.14. The molecular weight excluding hydrogens is 645 g/mol. The molecule has 3 nitrogen and oxygen atoms in total. The average Bonchev–Trinajstić information content (AvgIpc) is 3.24. The first kappa shape index (κ1) is 30.7. The summed E-state index contributed by atoms with van der Waals surface area (Å²) in [7, 11) is 0. The van der Waals surface area contributed by atoms with Crippen molar-refractivity contribution in [1.29, 1.82) is 0 Å². The van der Waals surface area contributed by atoms with Crippen molar-refractivity contribution in [2.75, 3.05) is 9.80 Å². The zero-order valence-corrected chi connectivity index (χ0v) is 28.9. The van der Waals surface area contributed by atoms with Gasteiger partial charge in [-0.1, -0.05) is 140 Å². The molecular formula is C50H34N2O. The van der Waals surface area contributed by atoms with E-state index in [1.165, 1.54) is 32.7 Å². The van der Waals surface area contributed by atoms with Crippen LogP contribution in [-0.4, -0.2) is 0 Å². The predicted molar refractivity (Wildman–Crippen MR) is 222 cm³/mol. The average molecular weight is 679 g/mol. The molecule has 0 N–H and O–H groups in total. The van der Waals surface area contributed by atoms with Crippen LogP contribution in [0.5, 0.6) is 11.5 Å². The maximum absolute atomic E-state index is 6.54. The minimum Gasteiger partial charge on any atom is -0.453 e. The fourth-order valence-electron chi connectivity index (χ4n) is 7.68. The van der Waals surface area contributed by atoms with Crippen LogP contribution >= 0.6 is 0 Å². The van der Waals surface area contributed by atoms with Crippen molar-refractivity contribution in [3.05, 3.63) is 206 Å². The second-order valence-electron chi connectivity index (χ2n) is 13.4. The number of para-hydroxylation sites is 3. The van der Waals surface area contributed by atoms with Gasteiger partial charge in [-0.25, -0.2) is 0 Å². The topological polar surface area (TPSA) is 15.7 Å². The van der Waals surface area contributed by atoms with Crippen molar-refractivity contribution in [2.24, 2.45) is 0 Å². The molecule has 10 rings (SSSR count). The van der Waals surface area contributed by atoms with Crippen LogP contribution in [0.4, 0.5) is 34.1 Å². The van der Waals surface area contributed by atoms with Crippen LogP contribution in [0.2, 0.25) is 0 Å². The van der Waals surface area contributed by atoms with E-state index >= 15 is 0 Å². The third kappa shape index (κ3) is 5.47. The van der Waals surface area contributed by atoms with Crippen LogP contribution in [0, 0.1) is 0 Å². The lowest BCUT2D eigenvalue weighted by molar-refractivity contribution is 0.477. The van der Waals surface area contributed by atoms with E-state index in [0.717, 1.165) is 56.8 Å². The summed E-state index contributed by atoms with van der Waals surface area (Å²) in [5.41, 5.74) is 11.1. The Morgan fingerprint density at radius 2 is 0.887 bits per heavy atom. The summed E-state index contributed by atoms with van der Waals surface area (Å²) >= 11 is 0. The number of hydrogen-bond donors (Lipinski definition) is 0. The molecule has 1 aliphatic heterocycles. The summed E-state index contributed by atoms with van der Waals surface area (Å²) in [6.07, 6.45) is 0. The van der Waals surface area contributed by atoms with E-state index in [2.05, 4.69) is 198 Å². The molecule has 0 unspecified atom stereocenters. The van der Waals surface area contributed by atoms with E-state index < -0.39 is 0 Å². The lowest BCUT2D eigenvalue weighted by atomic mass is 9.98. The summed E-state index contributed by atoms with van der Waals surface area (Å²) < 4.78 is 6.54. The first-order chi connectivity index (χ1) is 26.3. The van der Waals surface area contributed by atoms with Gasteiger partial charge >= 0.3 is 0 Å². The van der Waals surface area contributed by atoms with E-state index in [0.29, 0.717) is 0 Å². The Hall–Kier alpha value is -7.10. The largest absolute Gasteiger partial charge is 0.453 e. The van der Waals surface area contributed by atoms with Gasteiger partial charge in [-0.3, -0.25) is 0 Å². The Balaban J connectivity index is 1.07. The molecule has 1 heterocycles. The molecule has 0 aromatic heterocycles. The Labute approximate surface area is 309 Å². The van der Waals surface area contributed by atoms with Gasteiger partial charge in [0.25, 0.3) is 0 Å². The van der Waals surface area contributed by atoms with Gasteiger partial charge in [0.1, 0.15) is 0 Å². The van der Waals surface area contributed by atoms with Crippen LogP contribution in [-0.2, 0) is 0 Å². The fourth-order valence-corrected chi connectivity index (χ4v) is 7.68. The van der Waals surface area contributed by atoms with E-state index in [1.54, 1.807) is 0 Å². The fraction of sp³-hybridized carbons (Fsp3) is 0. The van der Waals surface area contributed by atoms with Gasteiger partial charge in [0.15, 0.2) is 11.5 Å². The van der Waals surface area contributed by atoms with Gasteiger partial charge in [0, 0.05) is 22.4 Å². The van der Waals surface area contributed by atoms with Crippen LogP contribution in [0.3, 0.4) is 0 Å². The molecule has 0 bridgehead atoms. The molecule has 0 amide bonds. The Morgan fingerprint density at radius 3 is 1.62 bits per heavy atom. The minimum absolute atomic E-state index is 0.830. The molecule has 250 valence electrons. The van der Waals surface area contributed by atoms with Crippen molar-refractivity contribution < 1.29 is 4.74 Å². The van der Waals surface area contributed by atoms with E-state index in [4.69, 9.17) is 4.74 Å². The summed E-state index contributed by atoms with van der Waals surface area (Å²) in [5, 5.41) is 4.91. The molecule has 0 saturated carbocycles. The maximum Gasteiger partial charge on any atom is 0.152 e. The third-order valence-electron chi connectivity index (χ3n) is 10.2. The highest BCUT2D eigenvalue weighted by atomic mass is 16.5. The maximum atomic E-state index is 6.54. The molecule has 53 heavy (non-hydrogen) atoms. The predicted octanol–water partition coefficient (Wildman–Crippen LogP) is 14.4. The number of fused-ring (bicyclic) bond motifs is 5. The first-order valence-electron chi connectivity index (χ1n) is 18.0.